The smallest absolute Gasteiger partial charge is 0.251 e. The highest BCUT2D eigenvalue weighted by atomic mass is 16.2. The predicted molar refractivity (Wildman–Crippen MR) is 124 cm³/mol. The second kappa shape index (κ2) is 8.92. The molecule has 164 valence electrons. The molecule has 3 rings (SSSR count). The molecule has 1 heterocycles. The molecule has 3 atom stereocenters. The minimum Gasteiger partial charge on any atom is -0.369 e. The Morgan fingerprint density at radius 3 is 2.32 bits per heavy atom. The van der Waals surface area contributed by atoms with Gasteiger partial charge in [-0.3, -0.25) is 14.5 Å². The first kappa shape index (κ1) is 22.5. The summed E-state index contributed by atoms with van der Waals surface area (Å²) in [6.45, 7) is 9.91. The summed E-state index contributed by atoms with van der Waals surface area (Å²) in [7, 11) is 0. The molecular formula is C25H32N4O2. The molecule has 3 unspecified atom stereocenters. The third-order valence-electron chi connectivity index (χ3n) is 6.30. The summed E-state index contributed by atoms with van der Waals surface area (Å²) in [5.41, 5.74) is 8.14. The first-order valence-corrected chi connectivity index (χ1v) is 10.8. The van der Waals surface area contributed by atoms with Crippen LogP contribution in [0.15, 0.2) is 59.6 Å². The van der Waals surface area contributed by atoms with Crippen molar-refractivity contribution >= 4 is 17.8 Å². The number of rotatable bonds is 6. The van der Waals surface area contributed by atoms with Crippen LogP contribution in [-0.2, 0) is 4.79 Å². The lowest BCUT2D eigenvalue weighted by Crippen LogP contribution is -2.52. The fourth-order valence-corrected chi connectivity index (χ4v) is 3.82. The molecule has 6 nitrogen and oxygen atoms in total. The summed E-state index contributed by atoms with van der Waals surface area (Å²) in [4.78, 5) is 32.0. The average molecular weight is 421 g/mol. The van der Waals surface area contributed by atoms with Crippen LogP contribution in [0.3, 0.4) is 0 Å². The van der Waals surface area contributed by atoms with Crippen molar-refractivity contribution in [3.63, 3.8) is 0 Å². The van der Waals surface area contributed by atoms with E-state index in [0.29, 0.717) is 12.0 Å². The summed E-state index contributed by atoms with van der Waals surface area (Å²) >= 11 is 0. The highest BCUT2D eigenvalue weighted by molar-refractivity contribution is 5.99. The van der Waals surface area contributed by atoms with Crippen molar-refractivity contribution in [2.75, 3.05) is 0 Å². The lowest BCUT2D eigenvalue weighted by Gasteiger charge is -2.40. The topological polar surface area (TPSA) is 87.8 Å². The first-order valence-electron chi connectivity index (χ1n) is 10.8. The Bertz CT molecular complexity index is 986. The van der Waals surface area contributed by atoms with E-state index in [2.05, 4.69) is 10.3 Å². The Morgan fingerprint density at radius 1 is 1.06 bits per heavy atom. The van der Waals surface area contributed by atoms with Gasteiger partial charge >= 0.3 is 0 Å². The second-order valence-corrected chi connectivity index (χ2v) is 8.83. The predicted octanol–water partition coefficient (Wildman–Crippen LogP) is 4.20. The maximum Gasteiger partial charge on any atom is 0.251 e. The Labute approximate surface area is 184 Å². The van der Waals surface area contributed by atoms with E-state index in [-0.39, 0.29) is 35.8 Å². The number of nitrogens with two attached hydrogens (primary N) is 1. The van der Waals surface area contributed by atoms with Crippen LogP contribution in [-0.4, -0.2) is 28.2 Å². The molecule has 3 N–H and O–H groups in total. The summed E-state index contributed by atoms with van der Waals surface area (Å²) in [5.74, 6) is 0.215. The number of benzene rings is 2. The number of guanidine groups is 1. The molecule has 0 radical (unpaired) electrons. The fraction of sp³-hybridized carbons (Fsp3) is 0.400. The number of amides is 2. The zero-order chi connectivity index (χ0) is 22.8. The number of hydrogen-bond donors (Lipinski definition) is 2. The number of carbonyl (C=O) groups is 2. The van der Waals surface area contributed by atoms with Crippen molar-refractivity contribution in [2.24, 2.45) is 16.6 Å². The molecule has 2 amide bonds. The minimum atomic E-state index is -0.493. The summed E-state index contributed by atoms with van der Waals surface area (Å²) in [5, 5.41) is 3.03. The maximum absolute atomic E-state index is 12.9. The molecule has 2 aromatic carbocycles. The standard InChI is InChI=1S/C25H32N4O2/c1-16(2)25(5)15-22(30)29(24(26)28-25)18(4)20-12-9-13-21(14-20)23(31)27-17(3)19-10-7-6-8-11-19/h6-14,16-18H,15H2,1-5H3,(H2,26,28)(H,27,31). The van der Waals surface area contributed by atoms with Crippen LogP contribution in [0.2, 0.25) is 0 Å². The van der Waals surface area contributed by atoms with Gasteiger partial charge in [-0.1, -0.05) is 56.3 Å². The van der Waals surface area contributed by atoms with Gasteiger partial charge in [0.05, 0.1) is 24.0 Å². The van der Waals surface area contributed by atoms with Gasteiger partial charge in [0.15, 0.2) is 5.96 Å². The highest BCUT2D eigenvalue weighted by Gasteiger charge is 2.40. The quantitative estimate of drug-likeness (QED) is 0.734. The van der Waals surface area contributed by atoms with E-state index in [0.717, 1.165) is 11.1 Å². The van der Waals surface area contributed by atoms with Gasteiger partial charge in [-0.2, -0.15) is 0 Å². The van der Waals surface area contributed by atoms with Crippen molar-refractivity contribution < 1.29 is 9.59 Å². The van der Waals surface area contributed by atoms with E-state index < -0.39 is 5.54 Å². The molecule has 0 spiro atoms. The van der Waals surface area contributed by atoms with Gasteiger partial charge in [0, 0.05) is 5.56 Å². The molecule has 31 heavy (non-hydrogen) atoms. The normalized spacial score (nSPS) is 20.9. The van der Waals surface area contributed by atoms with Gasteiger partial charge < -0.3 is 11.1 Å². The minimum absolute atomic E-state index is 0.0521. The van der Waals surface area contributed by atoms with Gasteiger partial charge in [0.1, 0.15) is 0 Å². The zero-order valence-corrected chi connectivity index (χ0v) is 18.9. The van der Waals surface area contributed by atoms with Crippen LogP contribution in [0.5, 0.6) is 0 Å². The first-order chi connectivity index (χ1) is 14.6. The van der Waals surface area contributed by atoms with Crippen molar-refractivity contribution in [3.05, 3.63) is 71.3 Å². The van der Waals surface area contributed by atoms with Crippen LogP contribution >= 0.6 is 0 Å². The van der Waals surface area contributed by atoms with Crippen LogP contribution in [0, 0.1) is 5.92 Å². The Morgan fingerprint density at radius 2 is 1.71 bits per heavy atom. The lowest BCUT2D eigenvalue weighted by molar-refractivity contribution is -0.131. The van der Waals surface area contributed by atoms with Crippen molar-refractivity contribution in [3.8, 4) is 0 Å². The van der Waals surface area contributed by atoms with E-state index >= 15 is 0 Å². The van der Waals surface area contributed by atoms with E-state index in [1.54, 1.807) is 6.07 Å². The second-order valence-electron chi connectivity index (χ2n) is 8.83. The summed E-state index contributed by atoms with van der Waals surface area (Å²) in [6.07, 6.45) is 0.310. The van der Waals surface area contributed by atoms with E-state index in [4.69, 9.17) is 5.73 Å². The Kier molecular flexibility index (Phi) is 6.48. The maximum atomic E-state index is 12.9. The largest absolute Gasteiger partial charge is 0.369 e. The molecular weight excluding hydrogens is 388 g/mol. The Balaban J connectivity index is 1.79. The number of nitrogens with one attached hydrogen (secondary N) is 1. The highest BCUT2D eigenvalue weighted by Crippen LogP contribution is 2.33. The van der Waals surface area contributed by atoms with Crippen molar-refractivity contribution in [1.82, 2.24) is 10.2 Å². The molecule has 1 aliphatic rings. The zero-order valence-electron chi connectivity index (χ0n) is 18.9. The third kappa shape index (κ3) is 4.79. The monoisotopic (exact) mass is 420 g/mol. The van der Waals surface area contributed by atoms with Gasteiger partial charge in [-0.05, 0) is 49.9 Å². The van der Waals surface area contributed by atoms with Crippen LogP contribution in [0.25, 0.3) is 0 Å². The van der Waals surface area contributed by atoms with E-state index in [9.17, 15) is 9.59 Å². The van der Waals surface area contributed by atoms with E-state index in [1.165, 1.54) is 4.90 Å². The molecule has 0 aromatic heterocycles. The summed E-state index contributed by atoms with van der Waals surface area (Å²) < 4.78 is 0. The SMILES string of the molecule is CC(NC(=O)c1cccc(C(C)N2C(=O)CC(C)(C(C)C)N=C2N)c1)c1ccccc1. The number of hydrogen-bond acceptors (Lipinski definition) is 4. The van der Waals surface area contributed by atoms with Crippen molar-refractivity contribution in [1.29, 1.82) is 0 Å². The van der Waals surface area contributed by atoms with Crippen molar-refractivity contribution in [2.45, 2.75) is 58.7 Å². The number of aliphatic imine (C=N–C) groups is 1. The molecule has 1 aliphatic heterocycles. The lowest BCUT2D eigenvalue weighted by atomic mass is 9.84. The van der Waals surface area contributed by atoms with E-state index in [1.807, 2.05) is 83.1 Å². The molecule has 2 aromatic rings. The van der Waals surface area contributed by atoms with Crippen LogP contribution < -0.4 is 11.1 Å². The molecule has 0 fully saturated rings. The molecule has 0 saturated heterocycles. The molecule has 0 aliphatic carbocycles. The third-order valence-corrected chi connectivity index (χ3v) is 6.30. The summed E-state index contributed by atoms with van der Waals surface area (Å²) in [6, 6.07) is 16.7. The number of nitrogens with zero attached hydrogens (tertiary/aromatic N) is 2. The molecule has 0 saturated carbocycles. The van der Waals surface area contributed by atoms with Gasteiger partial charge in [-0.25, -0.2) is 4.99 Å². The Hall–Kier alpha value is -3.15. The van der Waals surface area contributed by atoms with Crippen LogP contribution in [0.4, 0.5) is 0 Å². The van der Waals surface area contributed by atoms with Gasteiger partial charge in [0.25, 0.3) is 5.91 Å². The molecule has 0 bridgehead atoms. The fourth-order valence-electron chi connectivity index (χ4n) is 3.82. The average Bonchev–Trinajstić information content (AvgIpc) is 2.73. The van der Waals surface area contributed by atoms with Crippen LogP contribution in [0.1, 0.15) is 74.6 Å². The molecule has 6 heteroatoms. The van der Waals surface area contributed by atoms with Gasteiger partial charge in [0.2, 0.25) is 5.91 Å². The number of carbonyl (C=O) groups excluding carboxylic acids is 2. The van der Waals surface area contributed by atoms with Gasteiger partial charge in [-0.15, -0.1) is 0 Å².